The van der Waals surface area contributed by atoms with Crippen LogP contribution in [0.2, 0.25) is 0 Å². The summed E-state index contributed by atoms with van der Waals surface area (Å²) in [5, 5.41) is 19.8. The van der Waals surface area contributed by atoms with E-state index in [1.165, 1.54) is 22.6 Å². The first kappa shape index (κ1) is 22.5. The van der Waals surface area contributed by atoms with Crippen molar-refractivity contribution in [3.8, 4) is 0 Å². The van der Waals surface area contributed by atoms with E-state index >= 15 is 0 Å². The third kappa shape index (κ3) is 5.85. The van der Waals surface area contributed by atoms with Gasteiger partial charge in [-0.15, -0.1) is 11.3 Å². The Labute approximate surface area is 171 Å². The molecule has 3 N–H and O–H groups in total. The first-order valence-electron chi connectivity index (χ1n) is 9.03. The number of thiophene rings is 1. The molecule has 2 unspecified atom stereocenters. The van der Waals surface area contributed by atoms with E-state index in [-0.39, 0.29) is 11.5 Å². The Morgan fingerprint density at radius 1 is 1.17 bits per heavy atom. The third-order valence-electron chi connectivity index (χ3n) is 4.70. The smallest absolute Gasteiger partial charge is 0.414 e. The van der Waals surface area contributed by atoms with Gasteiger partial charge in [0, 0.05) is 30.1 Å². The maximum absolute atomic E-state index is 13.6. The van der Waals surface area contributed by atoms with Gasteiger partial charge in [-0.25, -0.2) is 14.0 Å². The second-order valence-corrected chi connectivity index (χ2v) is 7.57. The lowest BCUT2D eigenvalue weighted by Gasteiger charge is -2.38. The Balaban J connectivity index is 0.000000438. The Morgan fingerprint density at radius 2 is 1.83 bits per heavy atom. The van der Waals surface area contributed by atoms with Crippen LogP contribution in [0, 0.1) is 5.82 Å². The molecule has 1 amide bonds. The summed E-state index contributed by atoms with van der Waals surface area (Å²) in [4.78, 5) is 34.1. The van der Waals surface area contributed by atoms with Gasteiger partial charge in [0.1, 0.15) is 5.82 Å². The number of nitrogens with zero attached hydrogens (tertiary/aromatic N) is 1. The molecule has 2 heterocycles. The van der Waals surface area contributed by atoms with E-state index in [0.29, 0.717) is 18.6 Å². The van der Waals surface area contributed by atoms with Gasteiger partial charge in [0.15, 0.2) is 0 Å². The molecule has 1 aliphatic heterocycles. The van der Waals surface area contributed by atoms with Crippen LogP contribution in [0.15, 0.2) is 35.7 Å². The molecule has 9 heteroatoms. The predicted octanol–water partition coefficient (Wildman–Crippen LogP) is 2.78. The lowest BCUT2D eigenvalue weighted by Crippen LogP contribution is -2.44. The summed E-state index contributed by atoms with van der Waals surface area (Å²) in [6, 6.07) is 9.09. The van der Waals surface area contributed by atoms with Crippen LogP contribution in [0.25, 0.3) is 0 Å². The zero-order valence-electron chi connectivity index (χ0n) is 16.1. The largest absolute Gasteiger partial charge is 0.473 e. The van der Waals surface area contributed by atoms with Gasteiger partial charge in [0.25, 0.3) is 5.91 Å². The van der Waals surface area contributed by atoms with Crippen LogP contribution in [-0.2, 0) is 16.0 Å². The number of rotatable bonds is 4. The van der Waals surface area contributed by atoms with Crippen molar-refractivity contribution in [2.24, 2.45) is 0 Å². The number of hydrogen-bond acceptors (Lipinski definition) is 5. The molecule has 0 aliphatic carbocycles. The summed E-state index contributed by atoms with van der Waals surface area (Å²) in [5.74, 6) is -4.48. The van der Waals surface area contributed by atoms with Crippen molar-refractivity contribution in [2.45, 2.75) is 32.4 Å². The van der Waals surface area contributed by atoms with Crippen molar-refractivity contribution in [3.05, 3.63) is 57.5 Å². The van der Waals surface area contributed by atoms with Crippen molar-refractivity contribution < 1.29 is 29.0 Å². The molecule has 3 rings (SSSR count). The number of nitrogens with one attached hydrogen (secondary N) is 1. The summed E-state index contributed by atoms with van der Waals surface area (Å²) in [7, 11) is 0. The van der Waals surface area contributed by atoms with Crippen molar-refractivity contribution in [1.82, 2.24) is 10.2 Å². The molecule has 0 fully saturated rings. The molecule has 29 heavy (non-hydrogen) atoms. The van der Waals surface area contributed by atoms with Crippen LogP contribution in [0.1, 0.15) is 40.7 Å². The van der Waals surface area contributed by atoms with Gasteiger partial charge in [0.05, 0.1) is 5.56 Å². The van der Waals surface area contributed by atoms with Crippen LogP contribution in [0.4, 0.5) is 4.39 Å². The molecule has 2 aromatic rings. The van der Waals surface area contributed by atoms with Gasteiger partial charge in [-0.2, -0.15) is 0 Å². The Bertz CT molecular complexity index is 873. The first-order valence-corrected chi connectivity index (χ1v) is 9.91. The second kappa shape index (κ2) is 10.1. The molecular formula is C20H23FN2O5S. The Hall–Kier alpha value is -2.78. The highest BCUT2D eigenvalue weighted by Crippen LogP contribution is 2.35. The average Bonchev–Trinajstić information content (AvgIpc) is 3.13. The summed E-state index contributed by atoms with van der Waals surface area (Å²) in [6.45, 7) is 5.71. The van der Waals surface area contributed by atoms with Crippen LogP contribution in [0.3, 0.4) is 0 Å². The normalized spacial score (nSPS) is 18.2. The minimum Gasteiger partial charge on any atom is -0.473 e. The fraction of sp³-hybridized carbons (Fsp3) is 0.350. The van der Waals surface area contributed by atoms with E-state index in [4.69, 9.17) is 19.8 Å². The van der Waals surface area contributed by atoms with Crippen molar-refractivity contribution in [3.63, 3.8) is 0 Å². The van der Waals surface area contributed by atoms with Gasteiger partial charge in [-0.05, 0) is 49.4 Å². The molecule has 1 aromatic heterocycles. The topological polar surface area (TPSA) is 107 Å². The van der Waals surface area contributed by atoms with Crippen LogP contribution < -0.4 is 5.32 Å². The fourth-order valence-electron chi connectivity index (χ4n) is 3.30. The van der Waals surface area contributed by atoms with Gasteiger partial charge in [0.2, 0.25) is 0 Å². The standard InChI is InChI=1S/C18H21FN2OS.C2H2O4/c1-12-11-14-7-10-23-17(14)13(2)21(12)9-8-20-18(22)15-5-3-4-6-16(15)19;3-1(4)2(5)6/h3-7,10,12-13H,8-9,11H2,1-2H3,(H,20,22);(H,3,4)(H,5,6). The molecule has 156 valence electrons. The highest BCUT2D eigenvalue weighted by molar-refractivity contribution is 7.10. The minimum absolute atomic E-state index is 0.104. The number of carboxylic acid groups (broad SMARTS) is 2. The molecule has 0 spiro atoms. The Morgan fingerprint density at radius 3 is 2.45 bits per heavy atom. The summed E-state index contributed by atoms with van der Waals surface area (Å²) in [6.07, 6.45) is 1.05. The molecular weight excluding hydrogens is 399 g/mol. The maximum atomic E-state index is 13.6. The van der Waals surface area contributed by atoms with E-state index in [1.54, 1.807) is 23.5 Å². The number of benzene rings is 1. The number of carbonyl (C=O) groups is 3. The van der Waals surface area contributed by atoms with Gasteiger partial charge >= 0.3 is 11.9 Å². The lowest BCUT2D eigenvalue weighted by atomic mass is 9.97. The molecule has 7 nitrogen and oxygen atoms in total. The van der Waals surface area contributed by atoms with Crippen LogP contribution in [-0.4, -0.2) is 52.1 Å². The number of halogens is 1. The average molecular weight is 422 g/mol. The predicted molar refractivity (Wildman–Crippen MR) is 107 cm³/mol. The molecule has 0 bridgehead atoms. The van der Waals surface area contributed by atoms with Crippen molar-refractivity contribution >= 4 is 29.2 Å². The van der Waals surface area contributed by atoms with E-state index in [9.17, 15) is 9.18 Å². The summed E-state index contributed by atoms with van der Waals surface area (Å²) in [5.41, 5.74) is 1.55. The summed E-state index contributed by atoms with van der Waals surface area (Å²) < 4.78 is 13.6. The Kier molecular flexibility index (Phi) is 7.86. The molecule has 2 atom stereocenters. The SMILES string of the molecule is CC1Cc2ccsc2C(C)N1CCNC(=O)c1ccccc1F.O=C(O)C(=O)O. The quantitative estimate of drug-likeness (QED) is 0.654. The molecule has 1 aromatic carbocycles. The lowest BCUT2D eigenvalue weighted by molar-refractivity contribution is -0.159. The third-order valence-corrected chi connectivity index (χ3v) is 5.83. The first-order chi connectivity index (χ1) is 13.7. The minimum atomic E-state index is -1.82. The number of amides is 1. The summed E-state index contributed by atoms with van der Waals surface area (Å²) >= 11 is 1.80. The number of aliphatic carboxylic acids is 2. The molecule has 0 saturated carbocycles. The zero-order chi connectivity index (χ0) is 21.6. The molecule has 0 saturated heterocycles. The fourth-order valence-corrected chi connectivity index (χ4v) is 4.32. The number of carbonyl (C=O) groups excluding carboxylic acids is 1. The highest BCUT2D eigenvalue weighted by Gasteiger charge is 2.29. The van der Waals surface area contributed by atoms with Crippen molar-refractivity contribution in [1.29, 1.82) is 0 Å². The van der Waals surface area contributed by atoms with E-state index in [2.05, 4.69) is 35.5 Å². The second-order valence-electron chi connectivity index (χ2n) is 6.62. The maximum Gasteiger partial charge on any atom is 0.414 e. The molecule has 0 radical (unpaired) electrons. The van der Waals surface area contributed by atoms with Gasteiger partial charge in [-0.1, -0.05) is 12.1 Å². The van der Waals surface area contributed by atoms with E-state index in [1.807, 2.05) is 0 Å². The van der Waals surface area contributed by atoms with Gasteiger partial charge < -0.3 is 15.5 Å². The number of carboxylic acids is 2. The van der Waals surface area contributed by atoms with E-state index < -0.39 is 17.8 Å². The van der Waals surface area contributed by atoms with Crippen LogP contribution in [0.5, 0.6) is 0 Å². The zero-order valence-corrected chi connectivity index (χ0v) is 16.9. The highest BCUT2D eigenvalue weighted by atomic mass is 32.1. The number of hydrogen-bond donors (Lipinski definition) is 3. The number of fused-ring (bicyclic) bond motifs is 1. The molecule has 1 aliphatic rings. The monoisotopic (exact) mass is 422 g/mol. The van der Waals surface area contributed by atoms with Crippen LogP contribution >= 0.6 is 11.3 Å². The van der Waals surface area contributed by atoms with Gasteiger partial charge in [-0.3, -0.25) is 9.69 Å². The van der Waals surface area contributed by atoms with E-state index in [0.717, 1.165) is 13.0 Å². The van der Waals surface area contributed by atoms with Crippen molar-refractivity contribution in [2.75, 3.05) is 13.1 Å².